The predicted octanol–water partition coefficient (Wildman–Crippen LogP) is 3.61. The third-order valence-electron chi connectivity index (χ3n) is 4.64. The molecule has 1 N–H and O–H groups in total. The van der Waals surface area contributed by atoms with Crippen LogP contribution in [0.2, 0.25) is 0 Å². The minimum Gasteiger partial charge on any atom is -0.336 e. The molecule has 0 aliphatic rings. The van der Waals surface area contributed by atoms with Crippen LogP contribution in [0.5, 0.6) is 0 Å². The fraction of sp³-hybridized carbons (Fsp3) is 0.0952. The van der Waals surface area contributed by atoms with Crippen molar-refractivity contribution in [3.63, 3.8) is 0 Å². The molecule has 0 spiro atoms. The Kier molecular flexibility index (Phi) is 4.96. The summed E-state index contributed by atoms with van der Waals surface area (Å²) in [5.41, 5.74) is 2.22. The number of nitrogens with zero attached hydrogens (tertiary/aromatic N) is 3. The van der Waals surface area contributed by atoms with Gasteiger partial charge in [-0.3, -0.25) is 9.10 Å². The van der Waals surface area contributed by atoms with Crippen molar-refractivity contribution >= 4 is 38.4 Å². The average Bonchev–Trinajstić information content (AvgIpc) is 3.14. The molecular formula is C21H18N4O4S. The Bertz CT molecular complexity index is 1330. The second kappa shape index (κ2) is 7.60. The molecule has 0 radical (unpaired) electrons. The number of pyridine rings is 1. The molecule has 1 amide bonds. The fourth-order valence-electron chi connectivity index (χ4n) is 2.95. The van der Waals surface area contributed by atoms with Gasteiger partial charge in [-0.15, -0.1) is 0 Å². The van der Waals surface area contributed by atoms with Gasteiger partial charge in [0.15, 0.2) is 0 Å². The minimum atomic E-state index is -3.83. The topological polar surface area (TPSA) is 105 Å². The maximum Gasteiger partial charge on any atom is 0.264 e. The number of anilines is 2. The molecule has 0 bridgehead atoms. The lowest BCUT2D eigenvalue weighted by Gasteiger charge is -2.19. The van der Waals surface area contributed by atoms with Crippen molar-refractivity contribution in [3.8, 4) is 0 Å². The number of rotatable bonds is 5. The van der Waals surface area contributed by atoms with Gasteiger partial charge < -0.3 is 9.84 Å². The SMILES string of the molecule is Cc1noc2ncc(NC(=O)c3cccc(S(=O)(=O)N(C)c4ccccc4)c3)cc12. The summed E-state index contributed by atoms with van der Waals surface area (Å²) in [7, 11) is -2.36. The molecule has 0 unspecified atom stereocenters. The number of fused-ring (bicyclic) bond motifs is 1. The number of benzene rings is 2. The summed E-state index contributed by atoms with van der Waals surface area (Å²) in [4.78, 5) is 16.8. The van der Waals surface area contributed by atoms with Crippen LogP contribution in [0.1, 0.15) is 16.1 Å². The summed E-state index contributed by atoms with van der Waals surface area (Å²) >= 11 is 0. The van der Waals surface area contributed by atoms with Crippen molar-refractivity contribution in [2.45, 2.75) is 11.8 Å². The van der Waals surface area contributed by atoms with Crippen LogP contribution in [0, 0.1) is 6.92 Å². The van der Waals surface area contributed by atoms with Gasteiger partial charge >= 0.3 is 0 Å². The molecule has 152 valence electrons. The van der Waals surface area contributed by atoms with Crippen molar-refractivity contribution < 1.29 is 17.7 Å². The van der Waals surface area contributed by atoms with Crippen molar-refractivity contribution in [1.29, 1.82) is 0 Å². The molecule has 30 heavy (non-hydrogen) atoms. The maximum absolute atomic E-state index is 13.0. The Morgan fingerprint density at radius 2 is 1.83 bits per heavy atom. The molecule has 0 saturated heterocycles. The van der Waals surface area contributed by atoms with Crippen LogP contribution in [0.25, 0.3) is 11.1 Å². The van der Waals surface area contributed by atoms with E-state index < -0.39 is 15.9 Å². The molecule has 8 nitrogen and oxygen atoms in total. The summed E-state index contributed by atoms with van der Waals surface area (Å²) in [6.45, 7) is 1.77. The molecule has 2 aromatic heterocycles. The van der Waals surface area contributed by atoms with Crippen molar-refractivity contribution in [2.75, 3.05) is 16.7 Å². The molecule has 0 saturated carbocycles. The third kappa shape index (κ3) is 3.62. The summed E-state index contributed by atoms with van der Waals surface area (Å²) < 4.78 is 32.2. The standard InChI is InChI=1S/C21H18N4O4S/c1-14-19-12-16(13-22-21(19)29-24-14)23-20(26)15-7-6-10-18(11-15)30(27,28)25(2)17-8-4-3-5-9-17/h3-13H,1-2H3,(H,23,26). The van der Waals surface area contributed by atoms with Crippen LogP contribution in [0.15, 0.2) is 76.3 Å². The first-order chi connectivity index (χ1) is 14.4. The van der Waals surface area contributed by atoms with Crippen LogP contribution in [0.3, 0.4) is 0 Å². The Morgan fingerprint density at radius 1 is 1.07 bits per heavy atom. The number of aryl methyl sites for hydroxylation is 1. The first-order valence-corrected chi connectivity index (χ1v) is 10.5. The Hall–Kier alpha value is -3.72. The fourth-order valence-corrected chi connectivity index (χ4v) is 4.19. The molecule has 2 aromatic carbocycles. The van der Waals surface area contributed by atoms with E-state index in [0.717, 1.165) is 0 Å². The van der Waals surface area contributed by atoms with Crippen LogP contribution in [0.4, 0.5) is 11.4 Å². The van der Waals surface area contributed by atoms with Gasteiger partial charge in [0.2, 0.25) is 0 Å². The second-order valence-electron chi connectivity index (χ2n) is 6.63. The quantitative estimate of drug-likeness (QED) is 0.527. The van der Waals surface area contributed by atoms with Gasteiger partial charge in [0.25, 0.3) is 21.6 Å². The monoisotopic (exact) mass is 422 g/mol. The maximum atomic E-state index is 13.0. The minimum absolute atomic E-state index is 0.0185. The highest BCUT2D eigenvalue weighted by Gasteiger charge is 2.22. The van der Waals surface area contributed by atoms with E-state index in [1.807, 2.05) is 6.07 Å². The smallest absolute Gasteiger partial charge is 0.264 e. The molecular weight excluding hydrogens is 404 g/mol. The number of carbonyl (C=O) groups excluding carboxylic acids is 1. The zero-order chi connectivity index (χ0) is 21.3. The lowest BCUT2D eigenvalue weighted by Crippen LogP contribution is -2.26. The van der Waals surface area contributed by atoms with Crippen molar-refractivity contribution in [3.05, 3.63) is 78.1 Å². The zero-order valence-corrected chi connectivity index (χ0v) is 17.1. The zero-order valence-electron chi connectivity index (χ0n) is 16.2. The normalized spacial score (nSPS) is 11.4. The first kappa shape index (κ1) is 19.6. The number of carbonyl (C=O) groups is 1. The number of hydrogen-bond acceptors (Lipinski definition) is 6. The lowest BCUT2D eigenvalue weighted by molar-refractivity contribution is 0.102. The van der Waals surface area contributed by atoms with E-state index in [1.165, 1.54) is 35.7 Å². The third-order valence-corrected chi connectivity index (χ3v) is 6.42. The van der Waals surface area contributed by atoms with Gasteiger partial charge in [0.05, 0.1) is 33.5 Å². The highest BCUT2D eigenvalue weighted by molar-refractivity contribution is 7.92. The van der Waals surface area contributed by atoms with Gasteiger partial charge in [0, 0.05) is 12.6 Å². The van der Waals surface area contributed by atoms with Gasteiger partial charge in [-0.05, 0) is 43.3 Å². The Morgan fingerprint density at radius 3 is 2.60 bits per heavy atom. The molecule has 2 heterocycles. The van der Waals surface area contributed by atoms with E-state index in [-0.39, 0.29) is 10.5 Å². The summed E-state index contributed by atoms with van der Waals surface area (Å²) in [6.07, 6.45) is 1.45. The number of amides is 1. The number of hydrogen-bond donors (Lipinski definition) is 1. The molecule has 0 aliphatic carbocycles. The molecule has 4 rings (SSSR count). The van der Waals surface area contributed by atoms with E-state index in [1.54, 1.807) is 43.3 Å². The summed E-state index contributed by atoms with van der Waals surface area (Å²) in [5.74, 6) is -0.454. The highest BCUT2D eigenvalue weighted by Crippen LogP contribution is 2.23. The molecule has 0 atom stereocenters. The van der Waals surface area contributed by atoms with Crippen LogP contribution >= 0.6 is 0 Å². The Labute approximate surface area is 173 Å². The Balaban J connectivity index is 1.60. The molecule has 9 heteroatoms. The van der Waals surface area contributed by atoms with Gasteiger partial charge in [-0.25, -0.2) is 13.4 Å². The summed E-state index contributed by atoms with van der Waals surface area (Å²) in [5, 5.41) is 7.25. The van der Waals surface area contributed by atoms with Crippen molar-refractivity contribution in [2.24, 2.45) is 0 Å². The van der Waals surface area contributed by atoms with E-state index in [0.29, 0.717) is 28.2 Å². The highest BCUT2D eigenvalue weighted by atomic mass is 32.2. The largest absolute Gasteiger partial charge is 0.336 e. The molecule has 4 aromatic rings. The first-order valence-electron chi connectivity index (χ1n) is 9.04. The lowest BCUT2D eigenvalue weighted by atomic mass is 10.2. The number of para-hydroxylation sites is 1. The van der Waals surface area contributed by atoms with Gasteiger partial charge in [-0.2, -0.15) is 0 Å². The number of sulfonamides is 1. The number of aromatic nitrogens is 2. The summed E-state index contributed by atoms with van der Waals surface area (Å²) in [6, 6.07) is 16.3. The average molecular weight is 422 g/mol. The van der Waals surface area contributed by atoms with E-state index in [4.69, 9.17) is 4.52 Å². The predicted molar refractivity (Wildman–Crippen MR) is 113 cm³/mol. The molecule has 0 aliphatic heterocycles. The van der Waals surface area contributed by atoms with E-state index in [9.17, 15) is 13.2 Å². The van der Waals surface area contributed by atoms with Crippen LogP contribution in [-0.4, -0.2) is 31.5 Å². The van der Waals surface area contributed by atoms with Gasteiger partial charge in [-0.1, -0.05) is 29.4 Å². The van der Waals surface area contributed by atoms with Gasteiger partial charge in [0.1, 0.15) is 0 Å². The van der Waals surface area contributed by atoms with E-state index in [2.05, 4.69) is 15.5 Å². The number of nitrogens with one attached hydrogen (secondary N) is 1. The van der Waals surface area contributed by atoms with E-state index >= 15 is 0 Å². The van der Waals surface area contributed by atoms with Crippen LogP contribution in [-0.2, 0) is 10.0 Å². The molecule has 0 fully saturated rings. The van der Waals surface area contributed by atoms with Crippen LogP contribution < -0.4 is 9.62 Å². The van der Waals surface area contributed by atoms with Crippen molar-refractivity contribution in [1.82, 2.24) is 10.1 Å². The second-order valence-corrected chi connectivity index (χ2v) is 8.60.